The predicted octanol–water partition coefficient (Wildman–Crippen LogP) is 4.70. The van der Waals surface area contributed by atoms with Gasteiger partial charge in [0.2, 0.25) is 15.9 Å². The number of hydrogen-bond acceptors (Lipinski definition) is 8. The number of nitrogens with zero attached hydrogens (tertiary/aromatic N) is 1. The van der Waals surface area contributed by atoms with Gasteiger partial charge in [-0.1, -0.05) is 24.3 Å². The third-order valence-electron chi connectivity index (χ3n) is 6.28. The molecule has 1 aliphatic rings. The van der Waals surface area contributed by atoms with Crippen molar-refractivity contribution >= 4 is 66.5 Å². The van der Waals surface area contributed by atoms with Crippen molar-refractivity contribution < 1.29 is 37.8 Å². The van der Waals surface area contributed by atoms with Gasteiger partial charge in [-0.2, -0.15) is 0 Å². The number of piperidine rings is 1. The number of benzene rings is 2. The number of carboxylic acids is 2. The van der Waals surface area contributed by atoms with Crippen molar-refractivity contribution in [3.05, 3.63) is 63.4 Å². The molecule has 2 heterocycles. The number of sulfonamides is 1. The fraction of sp³-hybridized carbons (Fsp3) is 0.296. The van der Waals surface area contributed by atoms with Gasteiger partial charge in [0.1, 0.15) is 0 Å². The molecule has 1 saturated heterocycles. The van der Waals surface area contributed by atoms with E-state index in [1.807, 2.05) is 24.3 Å². The third kappa shape index (κ3) is 7.85. The molecule has 0 saturated carbocycles. The van der Waals surface area contributed by atoms with Gasteiger partial charge in [-0.3, -0.25) is 4.79 Å². The summed E-state index contributed by atoms with van der Waals surface area (Å²) in [6, 6.07) is 14.2. The number of nitrogens with one attached hydrogen (secondary N) is 2. The maximum atomic E-state index is 13.1. The van der Waals surface area contributed by atoms with Gasteiger partial charge in [0.05, 0.1) is 15.1 Å². The van der Waals surface area contributed by atoms with E-state index in [0.717, 1.165) is 17.0 Å². The molecule has 0 unspecified atom stereocenters. The van der Waals surface area contributed by atoms with E-state index in [-0.39, 0.29) is 28.3 Å². The summed E-state index contributed by atoms with van der Waals surface area (Å²) < 4.78 is 33.2. The lowest BCUT2D eigenvalue weighted by Crippen LogP contribution is -2.42. The minimum Gasteiger partial charge on any atom is -0.479 e. The van der Waals surface area contributed by atoms with Crippen LogP contribution in [0.25, 0.3) is 10.4 Å². The Balaban J connectivity index is 1.40. The van der Waals surface area contributed by atoms with Crippen molar-refractivity contribution in [2.24, 2.45) is 0 Å². The zero-order valence-corrected chi connectivity index (χ0v) is 25.1. The molecule has 41 heavy (non-hydrogen) atoms. The van der Waals surface area contributed by atoms with Crippen LogP contribution in [0.3, 0.4) is 0 Å². The molecule has 4 rings (SSSR count). The third-order valence-corrected chi connectivity index (χ3v) is 10.4. The van der Waals surface area contributed by atoms with Gasteiger partial charge < -0.3 is 25.6 Å². The quantitative estimate of drug-likeness (QED) is 0.227. The van der Waals surface area contributed by atoms with Crippen LogP contribution in [-0.4, -0.2) is 66.5 Å². The molecule has 1 aliphatic heterocycles. The largest absolute Gasteiger partial charge is 0.479 e. The van der Waals surface area contributed by atoms with Crippen molar-refractivity contribution in [2.75, 3.05) is 30.3 Å². The second-order valence-electron chi connectivity index (χ2n) is 9.43. The van der Waals surface area contributed by atoms with Crippen LogP contribution in [0.1, 0.15) is 35.0 Å². The van der Waals surface area contributed by atoms with Gasteiger partial charge in [0.25, 0.3) is 0 Å². The lowest BCUT2D eigenvalue weighted by atomic mass is 10.1. The van der Waals surface area contributed by atoms with E-state index < -0.39 is 28.6 Å². The zero-order chi connectivity index (χ0) is 29.7. The van der Waals surface area contributed by atoms with Gasteiger partial charge in [0.15, 0.2) is 17.2 Å². The van der Waals surface area contributed by atoms with E-state index in [1.54, 1.807) is 24.3 Å². The Bertz CT molecular complexity index is 1570. The lowest BCUT2D eigenvalue weighted by Gasteiger charge is -2.32. The Hall–Kier alpha value is -3.46. The molecular formula is C27H28BrN3O8S2. The molecular weight excluding hydrogens is 638 g/mol. The molecule has 2 aromatic carbocycles. The summed E-state index contributed by atoms with van der Waals surface area (Å²) in [4.78, 5) is 34.5. The van der Waals surface area contributed by atoms with Crippen molar-refractivity contribution in [3.63, 3.8) is 0 Å². The van der Waals surface area contributed by atoms with E-state index in [1.165, 1.54) is 11.2 Å². The molecule has 0 radical (unpaired) electrons. The van der Waals surface area contributed by atoms with Crippen LogP contribution in [0.5, 0.6) is 5.75 Å². The Morgan fingerprint density at radius 2 is 1.76 bits per heavy atom. The maximum Gasteiger partial charge on any atom is 0.349 e. The topological polar surface area (TPSA) is 162 Å². The first-order valence-corrected chi connectivity index (χ1v) is 15.8. The van der Waals surface area contributed by atoms with Crippen LogP contribution in [-0.2, 0) is 25.4 Å². The molecule has 0 atom stereocenters. The SMILES string of the molecule is CC(=O)Nc1cccc(CS(=O)(=O)N2CCC(Nc3cccc(-c4sc(C(=O)O)c(OCC(=O)O)c4Br)c3)CC2)c1. The van der Waals surface area contributed by atoms with Crippen molar-refractivity contribution in [3.8, 4) is 16.2 Å². The second kappa shape index (κ2) is 13.0. The number of hydrogen-bond donors (Lipinski definition) is 4. The Kier molecular flexibility index (Phi) is 9.68. The van der Waals surface area contributed by atoms with Crippen LogP contribution in [0.15, 0.2) is 53.0 Å². The number of halogens is 1. The summed E-state index contributed by atoms with van der Waals surface area (Å²) in [5.74, 6) is -2.87. The number of carbonyl (C=O) groups excluding carboxylic acids is 1. The number of carboxylic acid groups (broad SMARTS) is 2. The highest BCUT2D eigenvalue weighted by Gasteiger charge is 2.29. The summed E-state index contributed by atoms with van der Waals surface area (Å²) >= 11 is 4.35. The number of carbonyl (C=O) groups is 3. The normalized spacial score (nSPS) is 14.4. The van der Waals surface area contributed by atoms with Crippen LogP contribution in [0.4, 0.5) is 11.4 Å². The number of thiophene rings is 1. The second-order valence-corrected chi connectivity index (χ2v) is 13.2. The Morgan fingerprint density at radius 1 is 1.07 bits per heavy atom. The molecule has 11 nitrogen and oxygen atoms in total. The molecule has 14 heteroatoms. The predicted molar refractivity (Wildman–Crippen MR) is 159 cm³/mol. The number of anilines is 2. The molecule has 0 aliphatic carbocycles. The summed E-state index contributed by atoms with van der Waals surface area (Å²) in [6.07, 6.45) is 1.18. The molecule has 1 aromatic heterocycles. The van der Waals surface area contributed by atoms with Gasteiger partial charge in [0, 0.05) is 37.4 Å². The first-order chi connectivity index (χ1) is 19.4. The molecule has 3 aromatic rings. The van der Waals surface area contributed by atoms with E-state index in [9.17, 15) is 27.9 Å². The number of rotatable bonds is 11. The molecule has 0 bridgehead atoms. The maximum absolute atomic E-state index is 13.1. The number of ether oxygens (including phenoxy) is 1. The van der Waals surface area contributed by atoms with Gasteiger partial charge in [-0.05, 0) is 64.2 Å². The van der Waals surface area contributed by atoms with Crippen LogP contribution >= 0.6 is 27.3 Å². The molecule has 0 spiro atoms. The van der Waals surface area contributed by atoms with Crippen molar-refractivity contribution in [1.82, 2.24) is 4.31 Å². The van der Waals surface area contributed by atoms with Gasteiger partial charge in [-0.25, -0.2) is 22.3 Å². The first kappa shape index (κ1) is 30.5. The highest BCUT2D eigenvalue weighted by Crippen LogP contribution is 2.46. The van der Waals surface area contributed by atoms with Crippen molar-refractivity contribution in [1.29, 1.82) is 0 Å². The number of amides is 1. The van der Waals surface area contributed by atoms with Gasteiger partial charge in [-0.15, -0.1) is 11.3 Å². The monoisotopic (exact) mass is 665 g/mol. The minimum atomic E-state index is -3.55. The highest BCUT2D eigenvalue weighted by molar-refractivity contribution is 9.10. The first-order valence-electron chi connectivity index (χ1n) is 12.5. The van der Waals surface area contributed by atoms with E-state index in [4.69, 9.17) is 9.84 Å². The van der Waals surface area contributed by atoms with Crippen LogP contribution < -0.4 is 15.4 Å². The Morgan fingerprint density at radius 3 is 2.41 bits per heavy atom. The lowest BCUT2D eigenvalue weighted by molar-refractivity contribution is -0.139. The molecule has 1 fully saturated rings. The van der Waals surface area contributed by atoms with Crippen LogP contribution in [0.2, 0.25) is 0 Å². The average Bonchev–Trinajstić information content (AvgIpc) is 3.24. The average molecular weight is 667 g/mol. The van der Waals surface area contributed by atoms with Crippen molar-refractivity contribution in [2.45, 2.75) is 31.6 Å². The van der Waals surface area contributed by atoms with E-state index in [2.05, 4.69) is 26.6 Å². The summed E-state index contributed by atoms with van der Waals surface area (Å²) in [5, 5.41) is 24.6. The zero-order valence-electron chi connectivity index (χ0n) is 21.9. The summed E-state index contributed by atoms with van der Waals surface area (Å²) in [5.41, 5.74) is 2.63. The number of aromatic carboxylic acids is 1. The van der Waals surface area contributed by atoms with Crippen LogP contribution in [0, 0.1) is 0 Å². The molecule has 218 valence electrons. The minimum absolute atomic E-state index is 0.0237. The molecule has 1 amide bonds. The number of aliphatic carboxylic acids is 1. The van der Waals surface area contributed by atoms with E-state index >= 15 is 0 Å². The Labute approximate surface area is 249 Å². The fourth-order valence-electron chi connectivity index (χ4n) is 4.49. The summed E-state index contributed by atoms with van der Waals surface area (Å²) in [6.45, 7) is 1.43. The fourth-order valence-corrected chi connectivity index (χ4v) is 7.93. The highest BCUT2D eigenvalue weighted by atomic mass is 79.9. The molecule has 4 N–H and O–H groups in total. The smallest absolute Gasteiger partial charge is 0.349 e. The van der Waals surface area contributed by atoms with E-state index in [0.29, 0.717) is 52.1 Å². The summed E-state index contributed by atoms with van der Waals surface area (Å²) in [7, 11) is -3.55. The van der Waals surface area contributed by atoms with Gasteiger partial charge >= 0.3 is 11.9 Å². The standard InChI is InChI=1S/C27H28BrN3O8S2/c1-16(32)29-20-6-2-4-17(12-20)15-41(37,38)31-10-8-19(9-11-31)30-21-7-3-5-18(13-21)25-23(28)24(39-14-22(33)34)26(40-25)27(35)36/h2-7,12-13,19,30H,8-11,14-15H2,1H3,(H,29,32)(H,33,34)(H,35,36).